The van der Waals surface area contributed by atoms with Gasteiger partial charge in [-0.25, -0.2) is 15.0 Å². The monoisotopic (exact) mass is 739 g/mol. The van der Waals surface area contributed by atoms with Gasteiger partial charge >= 0.3 is 0 Å². The molecule has 0 spiro atoms. The van der Waals surface area contributed by atoms with Crippen LogP contribution in [0.25, 0.3) is 101 Å². The average molecular weight is 740 g/mol. The molecule has 0 aliphatic rings. The van der Waals surface area contributed by atoms with Crippen molar-refractivity contribution in [2.24, 2.45) is 0 Å². The highest BCUT2D eigenvalue weighted by Crippen LogP contribution is 2.41. The van der Waals surface area contributed by atoms with Gasteiger partial charge in [0.05, 0.1) is 0 Å². The Morgan fingerprint density at radius 3 is 1.21 bits per heavy atom. The van der Waals surface area contributed by atoms with Crippen LogP contribution in [0.1, 0.15) is 0 Å². The van der Waals surface area contributed by atoms with Crippen LogP contribution >= 0.6 is 0 Å². The van der Waals surface area contributed by atoms with Crippen molar-refractivity contribution in [2.75, 3.05) is 0 Å². The second-order valence-electron chi connectivity index (χ2n) is 14.4. The molecule has 0 radical (unpaired) electrons. The Morgan fingerprint density at radius 1 is 0.207 bits per heavy atom. The number of hydrogen-bond acceptors (Lipinski definition) is 3. The Kier molecular flexibility index (Phi) is 9.23. The van der Waals surface area contributed by atoms with Crippen molar-refractivity contribution < 1.29 is 0 Å². The van der Waals surface area contributed by atoms with E-state index >= 15 is 0 Å². The molecule has 0 saturated heterocycles. The first-order valence-electron chi connectivity index (χ1n) is 19.6. The van der Waals surface area contributed by atoms with Crippen LogP contribution in [0.3, 0.4) is 0 Å². The molecule has 272 valence electrons. The molecule has 0 amide bonds. The standard InChI is InChI=1S/C55H37N3/c1-5-16-38(17-6-1)39-28-30-43(31-29-39)53-56-54(58-55(57-53)51-25-14-13-24-48(51)40-18-7-2-8-19-40)47-35-33-44-36-46(34-32-45(44)37-47)50-27-15-26-49(41-20-9-3-10-21-41)52(50)42-22-11-4-12-23-42/h1-37H. The summed E-state index contributed by atoms with van der Waals surface area (Å²) in [6.07, 6.45) is 0. The third-order valence-electron chi connectivity index (χ3n) is 10.8. The zero-order chi connectivity index (χ0) is 38.7. The first-order valence-corrected chi connectivity index (χ1v) is 19.6. The minimum atomic E-state index is 0.628. The zero-order valence-corrected chi connectivity index (χ0v) is 31.7. The van der Waals surface area contributed by atoms with Crippen LogP contribution in [0.4, 0.5) is 0 Å². The molecule has 0 saturated carbocycles. The second-order valence-corrected chi connectivity index (χ2v) is 14.4. The van der Waals surface area contributed by atoms with Crippen LogP contribution in [0.5, 0.6) is 0 Å². The van der Waals surface area contributed by atoms with E-state index in [0.29, 0.717) is 17.5 Å². The van der Waals surface area contributed by atoms with Crippen molar-refractivity contribution in [1.29, 1.82) is 0 Å². The van der Waals surface area contributed by atoms with Crippen molar-refractivity contribution in [3.8, 4) is 89.8 Å². The molecule has 1 heterocycles. The van der Waals surface area contributed by atoms with Gasteiger partial charge in [0, 0.05) is 16.7 Å². The molecular formula is C55H37N3. The number of rotatable bonds is 8. The maximum absolute atomic E-state index is 5.18. The summed E-state index contributed by atoms with van der Waals surface area (Å²) in [5.41, 5.74) is 14.5. The average Bonchev–Trinajstić information content (AvgIpc) is 3.32. The smallest absolute Gasteiger partial charge is 0.164 e. The lowest BCUT2D eigenvalue weighted by Gasteiger charge is -2.17. The quantitative estimate of drug-likeness (QED) is 0.156. The molecule has 0 atom stereocenters. The van der Waals surface area contributed by atoms with E-state index in [0.717, 1.165) is 49.7 Å². The lowest BCUT2D eigenvalue weighted by atomic mass is 9.87. The number of fused-ring (bicyclic) bond motifs is 1. The molecule has 10 rings (SSSR count). The SMILES string of the molecule is c1ccc(-c2ccc(-c3nc(-c4ccc5cc(-c6cccc(-c7ccccc7)c6-c6ccccc6)ccc5c4)nc(-c4ccccc4-c4ccccc4)n3)cc2)cc1. The van der Waals surface area contributed by atoms with Gasteiger partial charge in [-0.2, -0.15) is 0 Å². The summed E-state index contributed by atoms with van der Waals surface area (Å²) in [7, 11) is 0. The molecule has 0 aliphatic carbocycles. The molecule has 0 unspecified atom stereocenters. The summed E-state index contributed by atoms with van der Waals surface area (Å²) in [4.78, 5) is 15.5. The summed E-state index contributed by atoms with van der Waals surface area (Å²) in [6, 6.07) is 78.9. The maximum Gasteiger partial charge on any atom is 0.164 e. The zero-order valence-electron chi connectivity index (χ0n) is 31.7. The molecule has 0 fully saturated rings. The molecule has 3 heteroatoms. The Bertz CT molecular complexity index is 3020. The molecule has 0 aliphatic heterocycles. The molecule has 9 aromatic carbocycles. The van der Waals surface area contributed by atoms with Crippen LogP contribution < -0.4 is 0 Å². The third-order valence-corrected chi connectivity index (χ3v) is 10.8. The van der Waals surface area contributed by atoms with Gasteiger partial charge in [0.15, 0.2) is 17.5 Å². The maximum atomic E-state index is 5.18. The summed E-state index contributed by atoms with van der Waals surface area (Å²) >= 11 is 0. The van der Waals surface area contributed by atoms with E-state index in [2.05, 4.69) is 206 Å². The first-order chi connectivity index (χ1) is 28.7. The van der Waals surface area contributed by atoms with Gasteiger partial charge in [0.1, 0.15) is 0 Å². The van der Waals surface area contributed by atoms with E-state index < -0.39 is 0 Å². The van der Waals surface area contributed by atoms with Crippen molar-refractivity contribution in [2.45, 2.75) is 0 Å². The minimum absolute atomic E-state index is 0.628. The highest BCUT2D eigenvalue weighted by Gasteiger charge is 2.18. The summed E-state index contributed by atoms with van der Waals surface area (Å²) in [5.74, 6) is 1.89. The summed E-state index contributed by atoms with van der Waals surface area (Å²) < 4.78 is 0. The number of benzene rings is 9. The number of aromatic nitrogens is 3. The Hall–Kier alpha value is -7.75. The summed E-state index contributed by atoms with van der Waals surface area (Å²) in [5, 5.41) is 2.26. The molecule has 1 aromatic heterocycles. The fourth-order valence-corrected chi connectivity index (χ4v) is 7.86. The van der Waals surface area contributed by atoms with E-state index in [1.165, 1.54) is 33.4 Å². The van der Waals surface area contributed by atoms with Gasteiger partial charge < -0.3 is 0 Å². The largest absolute Gasteiger partial charge is 0.208 e. The topological polar surface area (TPSA) is 38.7 Å². The fraction of sp³-hybridized carbons (Fsp3) is 0. The lowest BCUT2D eigenvalue weighted by Crippen LogP contribution is -2.01. The van der Waals surface area contributed by atoms with Gasteiger partial charge in [-0.15, -0.1) is 0 Å². The van der Waals surface area contributed by atoms with E-state index in [9.17, 15) is 0 Å². The van der Waals surface area contributed by atoms with Gasteiger partial charge in [-0.3, -0.25) is 0 Å². The third kappa shape index (κ3) is 6.87. The van der Waals surface area contributed by atoms with E-state index in [-0.39, 0.29) is 0 Å². The molecular weight excluding hydrogens is 703 g/mol. The van der Waals surface area contributed by atoms with Gasteiger partial charge in [-0.05, 0) is 78.5 Å². The fourth-order valence-electron chi connectivity index (χ4n) is 7.86. The molecule has 0 N–H and O–H groups in total. The second kappa shape index (κ2) is 15.4. The van der Waals surface area contributed by atoms with E-state index in [4.69, 9.17) is 15.0 Å². The first kappa shape index (κ1) is 34.7. The van der Waals surface area contributed by atoms with Crippen LogP contribution in [0.15, 0.2) is 224 Å². The van der Waals surface area contributed by atoms with Gasteiger partial charge in [-0.1, -0.05) is 212 Å². The normalized spacial score (nSPS) is 11.1. The van der Waals surface area contributed by atoms with Crippen LogP contribution in [-0.4, -0.2) is 15.0 Å². The van der Waals surface area contributed by atoms with Crippen LogP contribution in [0.2, 0.25) is 0 Å². The van der Waals surface area contributed by atoms with E-state index in [1.807, 2.05) is 18.2 Å². The van der Waals surface area contributed by atoms with Crippen LogP contribution in [0, 0.1) is 0 Å². The van der Waals surface area contributed by atoms with Crippen LogP contribution in [-0.2, 0) is 0 Å². The van der Waals surface area contributed by atoms with Gasteiger partial charge in [0.2, 0.25) is 0 Å². The van der Waals surface area contributed by atoms with Gasteiger partial charge in [0.25, 0.3) is 0 Å². The predicted octanol–water partition coefficient (Wildman–Crippen LogP) is 14.4. The Morgan fingerprint density at radius 2 is 0.586 bits per heavy atom. The minimum Gasteiger partial charge on any atom is -0.208 e. The van der Waals surface area contributed by atoms with Crippen molar-refractivity contribution in [3.63, 3.8) is 0 Å². The molecule has 58 heavy (non-hydrogen) atoms. The summed E-state index contributed by atoms with van der Waals surface area (Å²) in [6.45, 7) is 0. The number of hydrogen-bond donors (Lipinski definition) is 0. The van der Waals surface area contributed by atoms with Crippen molar-refractivity contribution in [3.05, 3.63) is 224 Å². The Balaban J connectivity index is 1.08. The molecule has 3 nitrogen and oxygen atoms in total. The molecule has 0 bridgehead atoms. The molecule has 10 aromatic rings. The number of nitrogens with zero attached hydrogens (tertiary/aromatic N) is 3. The Labute approximate surface area is 338 Å². The van der Waals surface area contributed by atoms with E-state index in [1.54, 1.807) is 0 Å². The lowest BCUT2D eigenvalue weighted by molar-refractivity contribution is 1.07. The highest BCUT2D eigenvalue weighted by molar-refractivity contribution is 5.98. The highest BCUT2D eigenvalue weighted by atomic mass is 15.0. The van der Waals surface area contributed by atoms with Crippen molar-refractivity contribution >= 4 is 10.8 Å². The van der Waals surface area contributed by atoms with Crippen molar-refractivity contribution in [1.82, 2.24) is 15.0 Å². The predicted molar refractivity (Wildman–Crippen MR) is 241 cm³/mol.